The molecule has 0 spiro atoms. The molecule has 3 N–H and O–H groups in total. The fraction of sp³-hybridized carbons (Fsp3) is 0.643. The number of anilines is 1. The van der Waals surface area contributed by atoms with E-state index in [9.17, 15) is 4.79 Å². The van der Waals surface area contributed by atoms with Crippen LogP contribution in [0.2, 0.25) is 0 Å². The molecule has 0 aromatic carbocycles. The fourth-order valence-electron chi connectivity index (χ4n) is 2.56. The first kappa shape index (κ1) is 14.3. The molecule has 1 aromatic rings. The molecular formula is C14H23N3OS. The van der Waals surface area contributed by atoms with Crippen molar-refractivity contribution in [3.63, 3.8) is 0 Å². The number of hydrogen-bond donors (Lipinski definition) is 2. The van der Waals surface area contributed by atoms with Gasteiger partial charge in [0.1, 0.15) is 4.88 Å². The third-order valence-corrected chi connectivity index (χ3v) is 4.68. The van der Waals surface area contributed by atoms with Gasteiger partial charge >= 0.3 is 0 Å². The van der Waals surface area contributed by atoms with E-state index in [2.05, 4.69) is 17.1 Å². The number of carbonyl (C=O) groups excluding carboxylic acids is 1. The van der Waals surface area contributed by atoms with Crippen molar-refractivity contribution in [3.05, 3.63) is 16.3 Å². The summed E-state index contributed by atoms with van der Waals surface area (Å²) in [7, 11) is 0. The van der Waals surface area contributed by atoms with E-state index in [1.54, 1.807) is 6.07 Å². The number of thiophene rings is 1. The Morgan fingerprint density at radius 2 is 2.42 bits per heavy atom. The molecule has 0 bridgehead atoms. The highest BCUT2D eigenvalue weighted by Gasteiger charge is 2.17. The van der Waals surface area contributed by atoms with Crippen LogP contribution in [-0.2, 0) is 0 Å². The Morgan fingerprint density at radius 1 is 1.58 bits per heavy atom. The van der Waals surface area contributed by atoms with Crippen molar-refractivity contribution >= 4 is 22.9 Å². The van der Waals surface area contributed by atoms with Gasteiger partial charge in [-0.3, -0.25) is 4.79 Å². The van der Waals surface area contributed by atoms with Crippen molar-refractivity contribution in [3.8, 4) is 0 Å². The third-order valence-electron chi connectivity index (χ3n) is 3.75. The van der Waals surface area contributed by atoms with Crippen LogP contribution in [0.1, 0.15) is 42.3 Å². The van der Waals surface area contributed by atoms with E-state index in [0.29, 0.717) is 16.6 Å². The van der Waals surface area contributed by atoms with Gasteiger partial charge in [0.15, 0.2) is 0 Å². The number of nitrogens with one attached hydrogen (secondary N) is 1. The van der Waals surface area contributed by atoms with Crippen LogP contribution in [0.3, 0.4) is 0 Å². The summed E-state index contributed by atoms with van der Waals surface area (Å²) < 4.78 is 0. The van der Waals surface area contributed by atoms with E-state index < -0.39 is 0 Å². The van der Waals surface area contributed by atoms with Crippen LogP contribution in [0.25, 0.3) is 0 Å². The Kier molecular flexibility index (Phi) is 5.22. The van der Waals surface area contributed by atoms with Crippen LogP contribution in [-0.4, -0.2) is 36.5 Å². The smallest absolute Gasteiger partial charge is 0.263 e. The van der Waals surface area contributed by atoms with E-state index >= 15 is 0 Å². The first-order chi connectivity index (χ1) is 9.18. The van der Waals surface area contributed by atoms with E-state index in [1.165, 1.54) is 37.1 Å². The topological polar surface area (TPSA) is 58.4 Å². The highest BCUT2D eigenvalue weighted by atomic mass is 32.1. The number of amides is 1. The van der Waals surface area contributed by atoms with Gasteiger partial charge in [-0.25, -0.2) is 0 Å². The largest absolute Gasteiger partial charge is 0.397 e. The standard InChI is InChI=1S/C14H23N3OS/c1-11-5-2-3-8-17(11)9-4-7-16-14(18)13-12(15)6-10-19-13/h6,10-11H,2-5,7-9,15H2,1H3,(H,16,18). The normalized spacial score (nSPS) is 20.4. The molecule has 4 nitrogen and oxygen atoms in total. The third kappa shape index (κ3) is 3.94. The molecule has 1 unspecified atom stereocenters. The molecule has 1 fully saturated rings. The lowest BCUT2D eigenvalue weighted by molar-refractivity contribution is 0.0953. The second-order valence-electron chi connectivity index (χ2n) is 5.20. The molecule has 19 heavy (non-hydrogen) atoms. The van der Waals surface area contributed by atoms with Gasteiger partial charge in [-0.15, -0.1) is 11.3 Å². The zero-order valence-electron chi connectivity index (χ0n) is 11.5. The number of carbonyl (C=O) groups is 1. The van der Waals surface area contributed by atoms with Gasteiger partial charge in [-0.2, -0.15) is 0 Å². The van der Waals surface area contributed by atoms with E-state index in [4.69, 9.17) is 5.73 Å². The number of piperidine rings is 1. The molecule has 1 aliphatic rings. The van der Waals surface area contributed by atoms with E-state index in [0.717, 1.165) is 19.5 Å². The van der Waals surface area contributed by atoms with Crippen molar-refractivity contribution in [2.45, 2.75) is 38.6 Å². The summed E-state index contributed by atoms with van der Waals surface area (Å²) in [5.74, 6) is -0.0424. The van der Waals surface area contributed by atoms with Gasteiger partial charge < -0.3 is 16.0 Å². The highest BCUT2D eigenvalue weighted by Crippen LogP contribution is 2.18. The van der Waals surface area contributed by atoms with E-state index in [-0.39, 0.29) is 5.91 Å². The molecule has 1 atom stereocenters. The van der Waals surface area contributed by atoms with Crippen LogP contribution in [0.5, 0.6) is 0 Å². The molecule has 5 heteroatoms. The van der Waals surface area contributed by atoms with Crippen molar-refractivity contribution < 1.29 is 4.79 Å². The quantitative estimate of drug-likeness (QED) is 0.814. The zero-order valence-corrected chi connectivity index (χ0v) is 12.3. The fourth-order valence-corrected chi connectivity index (χ4v) is 3.29. The van der Waals surface area contributed by atoms with Crippen LogP contribution in [0.15, 0.2) is 11.4 Å². The molecule has 1 aromatic heterocycles. The summed E-state index contributed by atoms with van der Waals surface area (Å²) >= 11 is 1.40. The average Bonchev–Trinajstić information content (AvgIpc) is 2.82. The summed E-state index contributed by atoms with van der Waals surface area (Å²) in [4.78, 5) is 15.0. The maximum atomic E-state index is 11.8. The van der Waals surface area contributed by atoms with Crippen LogP contribution < -0.4 is 11.1 Å². The second-order valence-corrected chi connectivity index (χ2v) is 6.11. The van der Waals surface area contributed by atoms with Crippen molar-refractivity contribution in [2.24, 2.45) is 0 Å². The maximum Gasteiger partial charge on any atom is 0.263 e. The summed E-state index contributed by atoms with van der Waals surface area (Å²) in [5.41, 5.74) is 6.30. The second kappa shape index (κ2) is 6.91. The predicted octanol–water partition coefficient (Wildman–Crippen LogP) is 2.32. The number of rotatable bonds is 5. The summed E-state index contributed by atoms with van der Waals surface area (Å²) in [6, 6.07) is 2.46. The minimum Gasteiger partial charge on any atom is -0.397 e. The number of nitrogens with two attached hydrogens (primary N) is 1. The lowest BCUT2D eigenvalue weighted by Gasteiger charge is -2.33. The molecule has 2 heterocycles. The van der Waals surface area contributed by atoms with Gasteiger partial charge in [0.2, 0.25) is 0 Å². The Labute approximate surface area is 119 Å². The Hall–Kier alpha value is -1.07. The molecule has 1 saturated heterocycles. The molecule has 1 aliphatic heterocycles. The number of hydrogen-bond acceptors (Lipinski definition) is 4. The lowest BCUT2D eigenvalue weighted by Crippen LogP contribution is -2.39. The van der Waals surface area contributed by atoms with Gasteiger partial charge in [0, 0.05) is 19.1 Å². The van der Waals surface area contributed by atoms with Gasteiger partial charge in [-0.05, 0) is 44.2 Å². The van der Waals surface area contributed by atoms with Crippen molar-refractivity contribution in [1.29, 1.82) is 0 Å². The molecule has 2 rings (SSSR count). The molecule has 0 aliphatic carbocycles. The van der Waals surface area contributed by atoms with Crippen LogP contribution >= 0.6 is 11.3 Å². The van der Waals surface area contributed by atoms with Gasteiger partial charge in [0.25, 0.3) is 5.91 Å². The van der Waals surface area contributed by atoms with Crippen molar-refractivity contribution in [1.82, 2.24) is 10.2 Å². The summed E-state index contributed by atoms with van der Waals surface area (Å²) in [5, 5.41) is 4.79. The van der Waals surface area contributed by atoms with Crippen LogP contribution in [0.4, 0.5) is 5.69 Å². The predicted molar refractivity (Wildman–Crippen MR) is 80.6 cm³/mol. The lowest BCUT2D eigenvalue weighted by atomic mass is 10.0. The molecule has 1 amide bonds. The first-order valence-electron chi connectivity index (χ1n) is 7.03. The summed E-state index contributed by atoms with van der Waals surface area (Å²) in [6.07, 6.45) is 4.97. The van der Waals surface area contributed by atoms with Crippen LogP contribution in [0, 0.1) is 0 Å². The number of nitrogen functional groups attached to an aromatic ring is 1. The van der Waals surface area contributed by atoms with Gasteiger partial charge in [-0.1, -0.05) is 6.42 Å². The molecule has 106 valence electrons. The SMILES string of the molecule is CC1CCCCN1CCCNC(=O)c1sccc1N. The highest BCUT2D eigenvalue weighted by molar-refractivity contribution is 7.12. The Balaban J connectivity index is 1.67. The monoisotopic (exact) mass is 281 g/mol. The van der Waals surface area contributed by atoms with Gasteiger partial charge in [0.05, 0.1) is 5.69 Å². The number of likely N-dealkylation sites (tertiary alicyclic amines) is 1. The Morgan fingerprint density at radius 3 is 3.11 bits per heavy atom. The maximum absolute atomic E-state index is 11.8. The molecule has 0 saturated carbocycles. The first-order valence-corrected chi connectivity index (χ1v) is 7.91. The summed E-state index contributed by atoms with van der Waals surface area (Å²) in [6.45, 7) is 5.29. The van der Waals surface area contributed by atoms with Crippen molar-refractivity contribution in [2.75, 3.05) is 25.4 Å². The average molecular weight is 281 g/mol. The van der Waals surface area contributed by atoms with E-state index in [1.807, 2.05) is 5.38 Å². The Bertz CT molecular complexity index is 419. The zero-order chi connectivity index (χ0) is 13.7. The molecular weight excluding hydrogens is 258 g/mol. The minimum atomic E-state index is -0.0424. The minimum absolute atomic E-state index is 0.0424. The molecule has 0 radical (unpaired) electrons. The number of nitrogens with zero attached hydrogens (tertiary/aromatic N) is 1.